The summed E-state index contributed by atoms with van der Waals surface area (Å²) >= 11 is 0. The average molecular weight is 794 g/mol. The Labute approximate surface area is 357 Å². The number of benzene rings is 9. The first-order valence-corrected chi connectivity index (χ1v) is 20.8. The second kappa shape index (κ2) is 14.7. The fourth-order valence-electron chi connectivity index (χ4n) is 8.76. The molecule has 0 spiro atoms. The number of fused-ring (bicyclic) bond motifs is 6. The van der Waals surface area contributed by atoms with Crippen LogP contribution in [-0.2, 0) is 0 Å². The number of furan rings is 2. The van der Waals surface area contributed by atoms with E-state index in [1.165, 1.54) is 0 Å². The van der Waals surface area contributed by atoms with Crippen LogP contribution >= 0.6 is 0 Å². The zero-order valence-electron chi connectivity index (χ0n) is 33.4. The maximum atomic E-state index is 7.23. The van der Waals surface area contributed by atoms with Gasteiger partial charge in [-0.25, -0.2) is 15.0 Å². The Morgan fingerprint density at radius 1 is 0.258 bits per heavy atom. The lowest BCUT2D eigenvalue weighted by atomic mass is 9.91. The molecule has 0 saturated heterocycles. The van der Waals surface area contributed by atoms with Crippen molar-refractivity contribution in [3.63, 3.8) is 0 Å². The molecule has 62 heavy (non-hydrogen) atoms. The smallest absolute Gasteiger partial charge is 0.164 e. The molecule has 0 N–H and O–H groups in total. The summed E-state index contributed by atoms with van der Waals surface area (Å²) in [5.41, 5.74) is 14.5. The summed E-state index contributed by atoms with van der Waals surface area (Å²) in [6.45, 7) is 0. The second-order valence-electron chi connectivity index (χ2n) is 15.5. The highest BCUT2D eigenvalue weighted by Crippen LogP contribution is 2.48. The number of hydrogen-bond acceptors (Lipinski definition) is 5. The van der Waals surface area contributed by atoms with E-state index in [0.717, 1.165) is 105 Å². The Morgan fingerprint density at radius 2 is 0.742 bits per heavy atom. The van der Waals surface area contributed by atoms with E-state index in [-0.39, 0.29) is 0 Å². The van der Waals surface area contributed by atoms with Gasteiger partial charge >= 0.3 is 0 Å². The van der Waals surface area contributed by atoms with E-state index < -0.39 is 0 Å². The summed E-state index contributed by atoms with van der Waals surface area (Å²) in [7, 11) is 0. The van der Waals surface area contributed by atoms with Gasteiger partial charge in [0.1, 0.15) is 22.3 Å². The topological polar surface area (TPSA) is 65.0 Å². The van der Waals surface area contributed by atoms with Crippen LogP contribution in [-0.4, -0.2) is 15.0 Å². The van der Waals surface area contributed by atoms with Crippen molar-refractivity contribution in [2.24, 2.45) is 0 Å². The van der Waals surface area contributed by atoms with E-state index in [1.807, 2.05) is 72.8 Å². The van der Waals surface area contributed by atoms with Gasteiger partial charge in [-0.2, -0.15) is 0 Å². The van der Waals surface area contributed by atoms with E-state index in [0.29, 0.717) is 17.5 Å². The molecule has 0 radical (unpaired) electrons. The van der Waals surface area contributed by atoms with Gasteiger partial charge in [-0.3, -0.25) is 0 Å². The van der Waals surface area contributed by atoms with Crippen LogP contribution in [0.4, 0.5) is 0 Å². The van der Waals surface area contributed by atoms with Gasteiger partial charge in [0.05, 0.1) is 0 Å². The fourth-order valence-corrected chi connectivity index (χ4v) is 8.76. The Balaban J connectivity index is 1.08. The molecule has 0 saturated carbocycles. The molecule has 0 atom stereocenters. The molecule has 5 nitrogen and oxygen atoms in total. The van der Waals surface area contributed by atoms with Gasteiger partial charge < -0.3 is 8.83 Å². The average Bonchev–Trinajstić information content (AvgIpc) is 3.94. The summed E-state index contributed by atoms with van der Waals surface area (Å²) in [5.74, 6) is 1.86. The highest BCUT2D eigenvalue weighted by Gasteiger charge is 2.23. The molecule has 0 fully saturated rings. The molecular weight excluding hydrogens is 759 g/mol. The van der Waals surface area contributed by atoms with E-state index in [4.69, 9.17) is 23.8 Å². The Hall–Kier alpha value is -8.41. The lowest BCUT2D eigenvalue weighted by molar-refractivity contribution is 0.670. The van der Waals surface area contributed by atoms with Crippen molar-refractivity contribution in [1.82, 2.24) is 15.0 Å². The molecule has 3 aromatic heterocycles. The molecule has 0 aliphatic rings. The molecule has 0 aliphatic carbocycles. The molecule has 12 aromatic rings. The van der Waals surface area contributed by atoms with Gasteiger partial charge in [0, 0.05) is 54.9 Å². The number of para-hydroxylation sites is 2. The van der Waals surface area contributed by atoms with E-state index in [2.05, 4.69) is 140 Å². The molecule has 0 amide bonds. The second-order valence-corrected chi connectivity index (χ2v) is 15.5. The van der Waals surface area contributed by atoms with Gasteiger partial charge in [0.2, 0.25) is 0 Å². The van der Waals surface area contributed by atoms with Crippen LogP contribution in [0.15, 0.2) is 221 Å². The Morgan fingerprint density at radius 3 is 1.39 bits per heavy atom. The molecule has 0 aliphatic heterocycles. The van der Waals surface area contributed by atoms with Crippen LogP contribution < -0.4 is 0 Å². The minimum absolute atomic E-state index is 0.605. The van der Waals surface area contributed by atoms with Crippen molar-refractivity contribution in [1.29, 1.82) is 0 Å². The highest BCUT2D eigenvalue weighted by molar-refractivity contribution is 6.22. The molecule has 0 bridgehead atoms. The van der Waals surface area contributed by atoms with Gasteiger partial charge in [-0.15, -0.1) is 0 Å². The first-order chi connectivity index (χ1) is 30.7. The maximum Gasteiger partial charge on any atom is 0.164 e. The molecular formula is C57H35N3O2. The normalized spacial score (nSPS) is 11.5. The van der Waals surface area contributed by atoms with Crippen LogP contribution in [0, 0.1) is 0 Å². The van der Waals surface area contributed by atoms with Crippen molar-refractivity contribution in [3.05, 3.63) is 212 Å². The first kappa shape index (κ1) is 35.5. The third-order valence-corrected chi connectivity index (χ3v) is 11.8. The minimum atomic E-state index is 0.605. The first-order valence-electron chi connectivity index (χ1n) is 20.8. The van der Waals surface area contributed by atoms with Crippen molar-refractivity contribution >= 4 is 43.9 Å². The fraction of sp³-hybridized carbons (Fsp3) is 0. The zero-order chi connectivity index (χ0) is 41.0. The molecule has 290 valence electrons. The predicted molar refractivity (Wildman–Crippen MR) is 252 cm³/mol. The van der Waals surface area contributed by atoms with E-state index in [9.17, 15) is 0 Å². The van der Waals surface area contributed by atoms with Gasteiger partial charge in [0.15, 0.2) is 17.5 Å². The standard InChI is InChI=1S/C57H35N3O2/c1-5-16-36(17-6-1)42-34-48(37-18-7-2-8-19-37)53-49(35-42)51-45(47-26-15-25-46-44-24-13-14-27-50(44)61-52(46)47)33-32-43(54(51)62-53)38-28-30-41(31-29-38)57-59-55(39-20-9-3-10-21-39)58-56(60-57)40-22-11-4-12-23-40/h1-35H. The molecule has 0 unspecified atom stereocenters. The summed E-state index contributed by atoms with van der Waals surface area (Å²) in [6.07, 6.45) is 0. The Bertz CT molecular complexity index is 3540. The Kier molecular flexibility index (Phi) is 8.42. The summed E-state index contributed by atoms with van der Waals surface area (Å²) in [5, 5.41) is 4.24. The van der Waals surface area contributed by atoms with Crippen LogP contribution in [0.5, 0.6) is 0 Å². The van der Waals surface area contributed by atoms with Crippen LogP contribution in [0.25, 0.3) is 123 Å². The van der Waals surface area contributed by atoms with Crippen LogP contribution in [0.3, 0.4) is 0 Å². The third-order valence-electron chi connectivity index (χ3n) is 11.8. The molecule has 3 heterocycles. The number of hydrogen-bond donors (Lipinski definition) is 0. The van der Waals surface area contributed by atoms with Crippen molar-refractivity contribution in [2.75, 3.05) is 0 Å². The van der Waals surface area contributed by atoms with Gasteiger partial charge in [0.25, 0.3) is 0 Å². The predicted octanol–water partition coefficient (Wildman–Crippen LogP) is 15.3. The largest absolute Gasteiger partial charge is 0.455 e. The lowest BCUT2D eigenvalue weighted by Gasteiger charge is -2.11. The molecule has 12 rings (SSSR count). The number of rotatable bonds is 7. The zero-order valence-corrected chi connectivity index (χ0v) is 33.4. The minimum Gasteiger partial charge on any atom is -0.455 e. The third kappa shape index (κ3) is 6.06. The SMILES string of the molecule is c1ccc(-c2cc(-c3ccccc3)c3oc4c(-c5ccc(-c6nc(-c7ccccc7)nc(-c7ccccc7)n6)cc5)ccc(-c5cccc6c5oc5ccccc56)c4c3c2)cc1. The summed E-state index contributed by atoms with van der Waals surface area (Å²) in [4.78, 5) is 14.9. The van der Waals surface area contributed by atoms with Crippen molar-refractivity contribution in [3.8, 4) is 78.7 Å². The summed E-state index contributed by atoms with van der Waals surface area (Å²) < 4.78 is 13.9. The molecule has 9 aromatic carbocycles. The lowest BCUT2D eigenvalue weighted by Crippen LogP contribution is -2.00. The maximum absolute atomic E-state index is 7.23. The van der Waals surface area contributed by atoms with Gasteiger partial charge in [-0.1, -0.05) is 188 Å². The summed E-state index contributed by atoms with van der Waals surface area (Å²) in [6, 6.07) is 73.3. The monoisotopic (exact) mass is 793 g/mol. The van der Waals surface area contributed by atoms with Crippen molar-refractivity contribution in [2.45, 2.75) is 0 Å². The van der Waals surface area contributed by atoms with Gasteiger partial charge in [-0.05, 0) is 52.1 Å². The van der Waals surface area contributed by atoms with Crippen LogP contribution in [0.1, 0.15) is 0 Å². The highest BCUT2D eigenvalue weighted by atomic mass is 16.3. The van der Waals surface area contributed by atoms with Crippen molar-refractivity contribution < 1.29 is 8.83 Å². The van der Waals surface area contributed by atoms with E-state index in [1.54, 1.807) is 0 Å². The number of aromatic nitrogens is 3. The van der Waals surface area contributed by atoms with Crippen LogP contribution in [0.2, 0.25) is 0 Å². The molecule has 5 heteroatoms. The quantitative estimate of drug-likeness (QED) is 0.161. The van der Waals surface area contributed by atoms with E-state index >= 15 is 0 Å². The number of nitrogens with zero attached hydrogens (tertiary/aromatic N) is 3.